The maximum Gasteiger partial charge on any atom is 0.187 e. The zero-order chi connectivity index (χ0) is 22.8. The van der Waals surface area contributed by atoms with Crippen molar-refractivity contribution >= 4 is 17.2 Å². The molecule has 1 aromatic carbocycles. The average Bonchev–Trinajstić information content (AvgIpc) is 2.75. The van der Waals surface area contributed by atoms with Gasteiger partial charge in [-0.2, -0.15) is 0 Å². The van der Waals surface area contributed by atoms with E-state index in [0.29, 0.717) is 12.1 Å². The first kappa shape index (κ1) is 21.8. The van der Waals surface area contributed by atoms with Gasteiger partial charge in [-0.25, -0.2) is 18.2 Å². The summed E-state index contributed by atoms with van der Waals surface area (Å²) in [5.41, 5.74) is 11.7. The predicted octanol–water partition coefficient (Wildman–Crippen LogP) is 3.50. The standard InChI is InChI=1S/C23H22F3N5O/c24-15-4-1-5-16(25)21(15)22-17(26)10-18(28)23(30-22)20(32)9-13-11-29-7-6-19(13)31-8-2-3-14(27)12-31/h1,4-7,10-11,14H,2-3,8-9,12,27-28H2/t14-/m0/s1. The maximum atomic E-state index is 14.5. The smallest absolute Gasteiger partial charge is 0.187 e. The van der Waals surface area contributed by atoms with Crippen LogP contribution in [0.5, 0.6) is 0 Å². The van der Waals surface area contributed by atoms with E-state index in [1.54, 1.807) is 12.4 Å². The number of benzene rings is 1. The first-order valence-corrected chi connectivity index (χ1v) is 10.2. The van der Waals surface area contributed by atoms with Gasteiger partial charge in [-0.15, -0.1) is 0 Å². The number of nitrogens with two attached hydrogens (primary N) is 2. The van der Waals surface area contributed by atoms with Crippen LogP contribution in [0.2, 0.25) is 0 Å². The molecule has 0 unspecified atom stereocenters. The molecule has 4 rings (SSSR count). The fourth-order valence-electron chi connectivity index (χ4n) is 3.98. The molecule has 1 aliphatic heterocycles. The molecule has 0 aliphatic carbocycles. The minimum Gasteiger partial charge on any atom is -0.397 e. The van der Waals surface area contributed by atoms with Crippen molar-refractivity contribution in [3.8, 4) is 11.3 Å². The number of anilines is 2. The van der Waals surface area contributed by atoms with Gasteiger partial charge in [0.15, 0.2) is 11.6 Å². The Morgan fingerprint density at radius 2 is 1.91 bits per heavy atom. The van der Waals surface area contributed by atoms with Crippen molar-refractivity contribution in [2.45, 2.75) is 25.3 Å². The second-order valence-corrected chi connectivity index (χ2v) is 7.81. The second kappa shape index (κ2) is 8.96. The fourth-order valence-corrected chi connectivity index (χ4v) is 3.98. The molecule has 3 heterocycles. The Kier molecular flexibility index (Phi) is 6.09. The van der Waals surface area contributed by atoms with Crippen LogP contribution < -0.4 is 16.4 Å². The number of pyridine rings is 2. The number of nitrogens with zero attached hydrogens (tertiary/aromatic N) is 3. The zero-order valence-corrected chi connectivity index (χ0v) is 17.2. The first-order chi connectivity index (χ1) is 15.3. The van der Waals surface area contributed by atoms with Gasteiger partial charge in [0.25, 0.3) is 0 Å². The van der Waals surface area contributed by atoms with Crippen molar-refractivity contribution in [3.63, 3.8) is 0 Å². The van der Waals surface area contributed by atoms with Crippen molar-refractivity contribution in [2.75, 3.05) is 23.7 Å². The Morgan fingerprint density at radius 1 is 1.16 bits per heavy atom. The van der Waals surface area contributed by atoms with Crippen molar-refractivity contribution in [1.82, 2.24) is 9.97 Å². The molecular formula is C23H22F3N5O. The second-order valence-electron chi connectivity index (χ2n) is 7.81. The lowest BCUT2D eigenvalue weighted by Gasteiger charge is -2.33. The molecule has 2 aromatic heterocycles. The topological polar surface area (TPSA) is 98.1 Å². The summed E-state index contributed by atoms with van der Waals surface area (Å²) >= 11 is 0. The van der Waals surface area contributed by atoms with Crippen LogP contribution in [0.25, 0.3) is 11.3 Å². The van der Waals surface area contributed by atoms with Crippen LogP contribution in [-0.4, -0.2) is 34.9 Å². The number of hydrogen-bond acceptors (Lipinski definition) is 6. The molecule has 4 N–H and O–H groups in total. The minimum atomic E-state index is -1.02. The van der Waals surface area contributed by atoms with Gasteiger partial charge < -0.3 is 16.4 Å². The third kappa shape index (κ3) is 4.29. The van der Waals surface area contributed by atoms with Crippen LogP contribution >= 0.6 is 0 Å². The number of rotatable bonds is 5. The number of halogens is 3. The highest BCUT2D eigenvalue weighted by Gasteiger charge is 2.24. The van der Waals surface area contributed by atoms with Crippen molar-refractivity contribution in [2.24, 2.45) is 5.73 Å². The first-order valence-electron chi connectivity index (χ1n) is 10.2. The molecule has 0 saturated carbocycles. The molecule has 32 heavy (non-hydrogen) atoms. The molecular weight excluding hydrogens is 419 g/mol. The number of Topliss-reactive ketones (excluding diaryl/α,β-unsaturated/α-hetero) is 1. The highest BCUT2D eigenvalue weighted by molar-refractivity contribution is 6.01. The Hall–Kier alpha value is -3.46. The lowest BCUT2D eigenvalue weighted by molar-refractivity contribution is 0.0989. The molecule has 1 saturated heterocycles. The van der Waals surface area contributed by atoms with E-state index in [1.807, 2.05) is 6.07 Å². The predicted molar refractivity (Wildman–Crippen MR) is 116 cm³/mol. The molecule has 0 spiro atoms. The molecule has 1 atom stereocenters. The van der Waals surface area contributed by atoms with Gasteiger partial charge >= 0.3 is 0 Å². The summed E-state index contributed by atoms with van der Waals surface area (Å²) < 4.78 is 42.9. The highest BCUT2D eigenvalue weighted by atomic mass is 19.1. The van der Waals surface area contributed by atoms with Crippen LogP contribution in [0.15, 0.2) is 42.7 Å². The van der Waals surface area contributed by atoms with Gasteiger partial charge in [-0.1, -0.05) is 6.07 Å². The number of carbonyl (C=O) groups is 1. The van der Waals surface area contributed by atoms with Gasteiger partial charge in [0.1, 0.15) is 23.0 Å². The Bertz CT molecular complexity index is 1150. The molecule has 1 fully saturated rings. The lowest BCUT2D eigenvalue weighted by Crippen LogP contribution is -2.43. The number of piperidine rings is 1. The number of carbonyl (C=O) groups excluding carboxylic acids is 1. The van der Waals surface area contributed by atoms with Crippen LogP contribution in [-0.2, 0) is 6.42 Å². The number of ketones is 1. The summed E-state index contributed by atoms with van der Waals surface area (Å²) in [7, 11) is 0. The van der Waals surface area contributed by atoms with E-state index in [0.717, 1.165) is 49.3 Å². The monoisotopic (exact) mass is 441 g/mol. The fraction of sp³-hybridized carbons (Fsp3) is 0.261. The van der Waals surface area contributed by atoms with Crippen LogP contribution in [0.4, 0.5) is 24.5 Å². The summed E-state index contributed by atoms with van der Waals surface area (Å²) in [6.07, 6.45) is 4.95. The van der Waals surface area contributed by atoms with E-state index < -0.39 is 34.5 Å². The summed E-state index contributed by atoms with van der Waals surface area (Å²) in [4.78, 5) is 23.2. The zero-order valence-electron chi connectivity index (χ0n) is 17.2. The highest BCUT2D eigenvalue weighted by Crippen LogP contribution is 2.30. The third-order valence-corrected chi connectivity index (χ3v) is 5.50. The van der Waals surface area contributed by atoms with Crippen molar-refractivity contribution < 1.29 is 18.0 Å². The van der Waals surface area contributed by atoms with Gasteiger partial charge in [0.05, 0.1) is 11.3 Å². The van der Waals surface area contributed by atoms with Crippen LogP contribution in [0.1, 0.15) is 28.9 Å². The molecule has 9 heteroatoms. The number of aromatic nitrogens is 2. The van der Waals surface area contributed by atoms with Crippen molar-refractivity contribution in [1.29, 1.82) is 0 Å². The SMILES string of the molecule is Nc1cc(F)c(-c2c(F)cccc2F)nc1C(=O)Cc1cnccc1N1CCC[C@H](N)C1. The summed E-state index contributed by atoms with van der Waals surface area (Å²) in [6.45, 7) is 1.45. The van der Waals surface area contributed by atoms with Gasteiger partial charge in [-0.3, -0.25) is 9.78 Å². The minimum absolute atomic E-state index is 0.0353. The molecule has 166 valence electrons. The van der Waals surface area contributed by atoms with E-state index >= 15 is 0 Å². The van der Waals surface area contributed by atoms with Gasteiger partial charge in [0, 0.05) is 55.3 Å². The molecule has 0 bridgehead atoms. The van der Waals surface area contributed by atoms with E-state index in [9.17, 15) is 18.0 Å². The van der Waals surface area contributed by atoms with E-state index in [4.69, 9.17) is 11.5 Å². The average molecular weight is 441 g/mol. The van der Waals surface area contributed by atoms with Crippen LogP contribution in [0, 0.1) is 17.5 Å². The summed E-state index contributed by atoms with van der Waals surface area (Å²) in [6, 6.07) is 5.84. The lowest BCUT2D eigenvalue weighted by atomic mass is 10.0. The molecule has 1 aliphatic rings. The normalized spacial score (nSPS) is 16.2. The molecule has 3 aromatic rings. The van der Waals surface area contributed by atoms with E-state index in [1.165, 1.54) is 0 Å². The van der Waals surface area contributed by atoms with E-state index in [2.05, 4.69) is 14.9 Å². The van der Waals surface area contributed by atoms with E-state index in [-0.39, 0.29) is 23.8 Å². The molecule has 6 nitrogen and oxygen atoms in total. The summed E-state index contributed by atoms with van der Waals surface area (Å²) in [5.74, 6) is -3.52. The largest absolute Gasteiger partial charge is 0.397 e. The number of nitrogen functional groups attached to an aromatic ring is 1. The Morgan fingerprint density at radius 3 is 2.62 bits per heavy atom. The van der Waals surface area contributed by atoms with Crippen molar-refractivity contribution in [3.05, 3.63) is 71.4 Å². The van der Waals surface area contributed by atoms with Gasteiger partial charge in [0.2, 0.25) is 0 Å². The maximum absolute atomic E-state index is 14.5. The molecule has 0 amide bonds. The number of hydrogen-bond donors (Lipinski definition) is 2. The summed E-state index contributed by atoms with van der Waals surface area (Å²) in [5, 5.41) is 0. The quantitative estimate of drug-likeness (QED) is 0.588. The van der Waals surface area contributed by atoms with Gasteiger partial charge in [-0.05, 0) is 31.0 Å². The Labute approximate surface area is 183 Å². The molecule has 0 radical (unpaired) electrons. The Balaban J connectivity index is 1.68. The third-order valence-electron chi connectivity index (χ3n) is 5.50. The van der Waals surface area contributed by atoms with Crippen LogP contribution in [0.3, 0.4) is 0 Å².